The Morgan fingerprint density at radius 1 is 1.14 bits per heavy atom. The van der Waals surface area contributed by atoms with Gasteiger partial charge in [0.25, 0.3) is 0 Å². The van der Waals surface area contributed by atoms with E-state index in [4.69, 9.17) is 4.74 Å². The molecule has 1 aliphatic rings. The van der Waals surface area contributed by atoms with Crippen molar-refractivity contribution < 1.29 is 44.9 Å². The summed E-state index contributed by atoms with van der Waals surface area (Å²) in [5.41, 5.74) is 0. The topological polar surface area (TPSA) is 21.7 Å². The Morgan fingerprint density at radius 2 is 1.67 bits per heavy atom. The molecule has 0 aromatic heterocycles. The third-order valence-corrected chi connectivity index (χ3v) is 2.36. The number of halogens is 8. The van der Waals surface area contributed by atoms with Gasteiger partial charge in [-0.15, -0.1) is 0 Å². The van der Waals surface area contributed by atoms with E-state index in [0.29, 0.717) is 6.20 Å². The molecule has 0 aromatic carbocycles. The minimum absolute atomic E-state index is 0. The molecule has 3 nitrogen and oxygen atoms in total. The second-order valence-electron chi connectivity index (χ2n) is 3.99. The predicted octanol–water partition coefficient (Wildman–Crippen LogP) is 2.79. The van der Waals surface area contributed by atoms with Crippen LogP contribution in [0.2, 0.25) is 0 Å². The van der Waals surface area contributed by atoms with E-state index in [1.165, 1.54) is 0 Å². The normalized spacial score (nSPS) is 17.7. The maximum Gasteiger partial charge on any atom is 0.450 e. The van der Waals surface area contributed by atoms with E-state index in [0.717, 1.165) is 4.90 Å². The molecule has 1 aliphatic heterocycles. The van der Waals surface area contributed by atoms with E-state index < -0.39 is 30.9 Å². The Labute approximate surface area is 114 Å². The average molecular weight is 331 g/mol. The van der Waals surface area contributed by atoms with E-state index >= 15 is 0 Å². The number of alkyl halides is 7. The van der Waals surface area contributed by atoms with Crippen molar-refractivity contribution in [1.29, 1.82) is 0 Å². The molecule has 0 aliphatic carbocycles. The van der Waals surface area contributed by atoms with E-state index in [2.05, 4.69) is 4.74 Å². The molecule has 1 rings (SSSR count). The van der Waals surface area contributed by atoms with Gasteiger partial charge in [-0.05, 0) is 0 Å². The molecule has 126 valence electrons. The molecule has 1 heterocycles. The lowest BCUT2D eigenvalue weighted by Crippen LogP contribution is -2.36. The number of allylic oxidation sites excluding steroid dienone is 1. The van der Waals surface area contributed by atoms with Gasteiger partial charge in [0, 0.05) is 19.3 Å². The first-order valence-electron chi connectivity index (χ1n) is 5.52. The Kier molecular flexibility index (Phi) is 7.20. The first-order valence-corrected chi connectivity index (χ1v) is 5.52. The van der Waals surface area contributed by atoms with Crippen LogP contribution in [0.5, 0.6) is 0 Å². The quantitative estimate of drug-likeness (QED) is 0.571. The fourth-order valence-corrected chi connectivity index (χ4v) is 1.30. The summed E-state index contributed by atoms with van der Waals surface area (Å²) < 4.78 is 95.3. The van der Waals surface area contributed by atoms with Gasteiger partial charge in [0.05, 0.1) is 13.2 Å². The molecule has 0 radical (unpaired) electrons. The predicted molar refractivity (Wildman–Crippen MR) is 55.9 cm³/mol. The largest absolute Gasteiger partial charge is 0.481 e. The summed E-state index contributed by atoms with van der Waals surface area (Å²) >= 11 is 0. The number of nitrogens with zero attached hydrogens (tertiary/aromatic N) is 1. The van der Waals surface area contributed by atoms with Crippen molar-refractivity contribution in [2.24, 2.45) is 0 Å². The van der Waals surface area contributed by atoms with Crippen molar-refractivity contribution in [2.45, 2.75) is 18.5 Å². The summed E-state index contributed by atoms with van der Waals surface area (Å²) in [7, 11) is 0. The van der Waals surface area contributed by atoms with Crippen molar-refractivity contribution in [3.63, 3.8) is 0 Å². The molecule has 0 bridgehead atoms. The Bertz CT molecular complexity index is 338. The molecular formula is C10H13F8NO2. The molecule has 21 heavy (non-hydrogen) atoms. The Hall–Kier alpha value is -1.26. The van der Waals surface area contributed by atoms with Crippen LogP contribution in [0, 0.1) is 0 Å². The molecule has 0 spiro atoms. The van der Waals surface area contributed by atoms with Crippen molar-refractivity contribution >= 4 is 0 Å². The van der Waals surface area contributed by atoms with Gasteiger partial charge in [-0.1, -0.05) is 0 Å². The van der Waals surface area contributed by atoms with E-state index in [-0.39, 0.29) is 31.0 Å². The summed E-state index contributed by atoms with van der Waals surface area (Å²) in [4.78, 5) is 1.16. The van der Waals surface area contributed by atoms with Crippen LogP contribution in [0.4, 0.5) is 35.4 Å². The lowest BCUT2D eigenvalue weighted by Gasteiger charge is -2.27. The monoisotopic (exact) mass is 331 g/mol. The van der Waals surface area contributed by atoms with Crippen LogP contribution < -0.4 is 0 Å². The van der Waals surface area contributed by atoms with Gasteiger partial charge in [0.1, 0.15) is 0 Å². The van der Waals surface area contributed by atoms with Gasteiger partial charge < -0.3 is 14.4 Å². The van der Waals surface area contributed by atoms with Crippen molar-refractivity contribution in [2.75, 3.05) is 32.9 Å². The second-order valence-corrected chi connectivity index (χ2v) is 3.99. The SMILES string of the molecule is F.FC(F)C(F)(F)COC(=CN1CCOCC1)C(F)(F)F. The van der Waals surface area contributed by atoms with Gasteiger partial charge in [-0.25, -0.2) is 8.78 Å². The maximum atomic E-state index is 12.6. The number of rotatable bonds is 5. The van der Waals surface area contributed by atoms with Gasteiger partial charge in [0.15, 0.2) is 6.61 Å². The van der Waals surface area contributed by atoms with Crippen molar-refractivity contribution in [3.05, 3.63) is 12.0 Å². The van der Waals surface area contributed by atoms with E-state index in [9.17, 15) is 30.7 Å². The van der Waals surface area contributed by atoms with Crippen LogP contribution in [-0.2, 0) is 9.47 Å². The highest BCUT2D eigenvalue weighted by Crippen LogP contribution is 2.30. The average Bonchev–Trinajstić information content (AvgIpc) is 2.34. The highest BCUT2D eigenvalue weighted by molar-refractivity contribution is 5.01. The molecule has 0 amide bonds. The fraction of sp³-hybridized carbons (Fsp3) is 0.800. The highest BCUT2D eigenvalue weighted by atomic mass is 19.4. The first kappa shape index (κ1) is 19.7. The number of morpholine rings is 1. The molecule has 1 fully saturated rings. The maximum absolute atomic E-state index is 12.6. The van der Waals surface area contributed by atoms with Crippen LogP contribution in [0.25, 0.3) is 0 Å². The third-order valence-electron chi connectivity index (χ3n) is 2.36. The first-order chi connectivity index (χ1) is 9.13. The molecule has 0 saturated carbocycles. The molecule has 0 aromatic rings. The zero-order valence-corrected chi connectivity index (χ0v) is 10.5. The number of ether oxygens (including phenoxy) is 2. The smallest absolute Gasteiger partial charge is 0.450 e. The van der Waals surface area contributed by atoms with Gasteiger partial charge >= 0.3 is 18.5 Å². The van der Waals surface area contributed by atoms with E-state index in [1.807, 2.05) is 0 Å². The van der Waals surface area contributed by atoms with Crippen LogP contribution in [-0.4, -0.2) is 56.3 Å². The molecule has 0 unspecified atom stereocenters. The summed E-state index contributed by atoms with van der Waals surface area (Å²) in [5, 5.41) is 0. The summed E-state index contributed by atoms with van der Waals surface area (Å²) in [5.74, 6) is -6.38. The molecule has 0 atom stereocenters. The zero-order chi connectivity index (χ0) is 15.4. The van der Waals surface area contributed by atoms with Crippen molar-refractivity contribution in [3.8, 4) is 0 Å². The molecular weight excluding hydrogens is 318 g/mol. The lowest BCUT2D eigenvalue weighted by atomic mass is 10.3. The minimum Gasteiger partial charge on any atom is -0.481 e. The van der Waals surface area contributed by atoms with Crippen LogP contribution >= 0.6 is 0 Å². The van der Waals surface area contributed by atoms with E-state index in [1.54, 1.807) is 0 Å². The third kappa shape index (κ3) is 6.36. The molecule has 11 heteroatoms. The fourth-order valence-electron chi connectivity index (χ4n) is 1.30. The van der Waals surface area contributed by atoms with Crippen LogP contribution in [0.15, 0.2) is 12.0 Å². The lowest BCUT2D eigenvalue weighted by molar-refractivity contribution is -0.184. The summed E-state index contributed by atoms with van der Waals surface area (Å²) in [6.45, 7) is -1.45. The standard InChI is InChI=1S/C10H12F7NO2.FH/c11-8(12)9(13,14)6-20-7(10(15,16)17)5-18-1-3-19-4-2-18;/h5,8H,1-4,6H2;1H. The highest BCUT2D eigenvalue weighted by Gasteiger charge is 2.45. The number of hydrogen-bond acceptors (Lipinski definition) is 3. The number of hydrogen-bond donors (Lipinski definition) is 0. The van der Waals surface area contributed by atoms with Gasteiger partial charge in [-0.2, -0.15) is 22.0 Å². The van der Waals surface area contributed by atoms with Gasteiger partial charge in [0.2, 0.25) is 5.76 Å². The minimum atomic E-state index is -5.05. The Morgan fingerprint density at radius 3 is 2.10 bits per heavy atom. The van der Waals surface area contributed by atoms with Crippen molar-refractivity contribution in [1.82, 2.24) is 4.90 Å². The Balaban J connectivity index is 0.00000400. The molecule has 0 N–H and O–H groups in total. The second kappa shape index (κ2) is 7.66. The van der Waals surface area contributed by atoms with Crippen LogP contribution in [0.3, 0.4) is 0 Å². The van der Waals surface area contributed by atoms with Gasteiger partial charge in [-0.3, -0.25) is 4.70 Å². The van der Waals surface area contributed by atoms with Crippen LogP contribution in [0.1, 0.15) is 0 Å². The summed E-state index contributed by atoms with van der Waals surface area (Å²) in [6, 6.07) is 0. The molecule has 1 saturated heterocycles. The summed E-state index contributed by atoms with van der Waals surface area (Å²) in [6.07, 6.45) is -8.65. The zero-order valence-electron chi connectivity index (χ0n) is 10.5.